The van der Waals surface area contributed by atoms with Gasteiger partial charge in [-0.15, -0.1) is 0 Å². The molecule has 0 atom stereocenters. The molecule has 1 heterocycles. The number of ether oxygens (including phenoxy) is 1. The van der Waals surface area contributed by atoms with E-state index in [0.29, 0.717) is 5.75 Å². The molecular weight excluding hydrogens is 284 g/mol. The molecule has 0 aliphatic carbocycles. The first-order chi connectivity index (χ1) is 10.6. The van der Waals surface area contributed by atoms with Crippen molar-refractivity contribution in [1.29, 1.82) is 0 Å². The molecule has 6 heteroatoms. The lowest BCUT2D eigenvalue weighted by atomic mass is 10.0. The third kappa shape index (κ3) is 4.12. The monoisotopic (exact) mass is 302 g/mol. The number of rotatable bonds is 5. The standard InChI is InChI=1S/C16H18N2O4/c1-11(2)12-6-3-4-7-13(12)22-10-15(19)17-18-16(20)14-8-5-9-21-14/h3-9,11H,10H2,1-2H3,(H,17,19)(H,18,20). The van der Waals surface area contributed by atoms with Crippen molar-refractivity contribution in [2.45, 2.75) is 19.8 Å². The van der Waals surface area contributed by atoms with Crippen LogP contribution in [-0.4, -0.2) is 18.4 Å². The lowest BCUT2D eigenvalue weighted by molar-refractivity contribution is -0.123. The van der Waals surface area contributed by atoms with Crippen molar-refractivity contribution in [3.8, 4) is 5.75 Å². The fraction of sp³-hybridized carbons (Fsp3) is 0.250. The molecule has 116 valence electrons. The van der Waals surface area contributed by atoms with Crippen LogP contribution in [0, 0.1) is 0 Å². The number of nitrogens with one attached hydrogen (secondary N) is 2. The van der Waals surface area contributed by atoms with Gasteiger partial charge in [-0.1, -0.05) is 32.0 Å². The summed E-state index contributed by atoms with van der Waals surface area (Å²) in [6.07, 6.45) is 1.38. The molecule has 0 bridgehead atoms. The zero-order chi connectivity index (χ0) is 15.9. The first-order valence-electron chi connectivity index (χ1n) is 6.92. The summed E-state index contributed by atoms with van der Waals surface area (Å²) < 4.78 is 10.4. The van der Waals surface area contributed by atoms with Crippen molar-refractivity contribution in [2.75, 3.05) is 6.61 Å². The Hall–Kier alpha value is -2.76. The number of benzene rings is 1. The maximum atomic E-state index is 11.7. The molecule has 1 aromatic heterocycles. The number of hydrogen-bond acceptors (Lipinski definition) is 4. The van der Waals surface area contributed by atoms with Crippen LogP contribution in [0.1, 0.15) is 35.9 Å². The highest BCUT2D eigenvalue weighted by Crippen LogP contribution is 2.25. The fourth-order valence-corrected chi connectivity index (χ4v) is 1.86. The number of furan rings is 1. The van der Waals surface area contributed by atoms with Gasteiger partial charge in [0.1, 0.15) is 5.75 Å². The van der Waals surface area contributed by atoms with Gasteiger partial charge in [0.25, 0.3) is 5.91 Å². The minimum absolute atomic E-state index is 0.117. The van der Waals surface area contributed by atoms with Crippen LogP contribution >= 0.6 is 0 Å². The van der Waals surface area contributed by atoms with E-state index >= 15 is 0 Å². The predicted octanol–water partition coefficient (Wildman–Crippen LogP) is 2.24. The minimum atomic E-state index is -0.527. The summed E-state index contributed by atoms with van der Waals surface area (Å²) in [5.74, 6) is 0.0775. The maximum absolute atomic E-state index is 11.7. The Labute approximate surface area is 128 Å². The molecule has 6 nitrogen and oxygen atoms in total. The summed E-state index contributed by atoms with van der Waals surface area (Å²) in [6.45, 7) is 3.90. The van der Waals surface area contributed by atoms with Gasteiger partial charge in [-0.3, -0.25) is 20.4 Å². The highest BCUT2D eigenvalue weighted by atomic mass is 16.5. The zero-order valence-corrected chi connectivity index (χ0v) is 12.5. The lowest BCUT2D eigenvalue weighted by Gasteiger charge is -2.13. The number of hydrogen-bond donors (Lipinski definition) is 2. The largest absolute Gasteiger partial charge is 0.483 e. The summed E-state index contributed by atoms with van der Waals surface area (Å²) in [5, 5.41) is 0. The van der Waals surface area contributed by atoms with Crippen LogP contribution in [0.4, 0.5) is 0 Å². The van der Waals surface area contributed by atoms with E-state index in [0.717, 1.165) is 5.56 Å². The van der Waals surface area contributed by atoms with Crippen molar-refractivity contribution >= 4 is 11.8 Å². The molecule has 2 N–H and O–H groups in total. The fourth-order valence-electron chi connectivity index (χ4n) is 1.86. The number of amides is 2. The molecule has 0 radical (unpaired) electrons. The Morgan fingerprint density at radius 3 is 2.59 bits per heavy atom. The highest BCUT2D eigenvalue weighted by molar-refractivity contribution is 5.92. The summed E-state index contributed by atoms with van der Waals surface area (Å²) in [4.78, 5) is 23.3. The van der Waals surface area contributed by atoms with Crippen molar-refractivity contribution in [1.82, 2.24) is 10.9 Å². The van der Waals surface area contributed by atoms with Crippen LogP contribution in [0.15, 0.2) is 47.1 Å². The van der Waals surface area contributed by atoms with Crippen LogP contribution < -0.4 is 15.6 Å². The average molecular weight is 302 g/mol. The van der Waals surface area contributed by atoms with Gasteiger partial charge in [-0.25, -0.2) is 0 Å². The van der Waals surface area contributed by atoms with Crippen LogP contribution in [-0.2, 0) is 4.79 Å². The summed E-state index contributed by atoms with van der Waals surface area (Å²) >= 11 is 0. The van der Waals surface area contributed by atoms with Crippen molar-refractivity contribution in [3.05, 3.63) is 54.0 Å². The normalized spacial score (nSPS) is 10.3. The van der Waals surface area contributed by atoms with Crippen LogP contribution in [0.5, 0.6) is 5.75 Å². The topological polar surface area (TPSA) is 80.6 Å². The zero-order valence-electron chi connectivity index (χ0n) is 12.5. The van der Waals surface area contributed by atoms with Gasteiger partial charge < -0.3 is 9.15 Å². The molecule has 2 aromatic rings. The average Bonchev–Trinajstić information content (AvgIpc) is 3.05. The summed E-state index contributed by atoms with van der Waals surface area (Å²) in [6, 6.07) is 10.6. The van der Waals surface area contributed by atoms with E-state index in [9.17, 15) is 9.59 Å². The first kappa shape index (κ1) is 15.6. The smallest absolute Gasteiger partial charge is 0.305 e. The molecule has 2 rings (SSSR count). The van der Waals surface area contributed by atoms with Crippen LogP contribution in [0.25, 0.3) is 0 Å². The maximum Gasteiger partial charge on any atom is 0.305 e. The van der Waals surface area contributed by atoms with Crippen LogP contribution in [0.3, 0.4) is 0 Å². The molecule has 0 fully saturated rings. The molecule has 1 aromatic carbocycles. The Kier molecular flexibility index (Phi) is 5.19. The van der Waals surface area contributed by atoms with Gasteiger partial charge in [-0.05, 0) is 29.7 Å². The van der Waals surface area contributed by atoms with Crippen molar-refractivity contribution in [2.24, 2.45) is 0 Å². The van der Waals surface area contributed by atoms with Crippen molar-refractivity contribution < 1.29 is 18.7 Å². The summed E-state index contributed by atoms with van der Waals surface area (Å²) in [7, 11) is 0. The molecule has 0 spiro atoms. The number of para-hydroxylation sites is 1. The molecule has 0 aliphatic heterocycles. The second-order valence-electron chi connectivity index (χ2n) is 4.96. The lowest BCUT2D eigenvalue weighted by Crippen LogP contribution is -2.43. The Balaban J connectivity index is 1.82. The van der Waals surface area contributed by atoms with Gasteiger partial charge >= 0.3 is 5.91 Å². The van der Waals surface area contributed by atoms with Gasteiger partial charge in [0.15, 0.2) is 12.4 Å². The van der Waals surface area contributed by atoms with E-state index < -0.39 is 11.8 Å². The predicted molar refractivity (Wildman–Crippen MR) is 80.3 cm³/mol. The van der Waals surface area contributed by atoms with E-state index in [1.165, 1.54) is 12.3 Å². The molecule has 2 amide bonds. The number of carbonyl (C=O) groups is 2. The van der Waals surface area contributed by atoms with Gasteiger partial charge in [0.05, 0.1) is 6.26 Å². The first-order valence-corrected chi connectivity index (χ1v) is 6.92. The quantitative estimate of drug-likeness (QED) is 0.830. The summed E-state index contributed by atoms with van der Waals surface area (Å²) in [5.41, 5.74) is 5.54. The third-order valence-corrected chi connectivity index (χ3v) is 2.96. The van der Waals surface area contributed by atoms with Crippen LogP contribution in [0.2, 0.25) is 0 Å². The molecule has 0 saturated heterocycles. The molecule has 22 heavy (non-hydrogen) atoms. The molecule has 0 saturated carbocycles. The van der Waals surface area contributed by atoms with Crippen molar-refractivity contribution in [3.63, 3.8) is 0 Å². The molecule has 0 aliphatic rings. The van der Waals surface area contributed by atoms with Gasteiger partial charge in [-0.2, -0.15) is 0 Å². The SMILES string of the molecule is CC(C)c1ccccc1OCC(=O)NNC(=O)c1ccco1. The second kappa shape index (κ2) is 7.31. The Morgan fingerprint density at radius 2 is 1.91 bits per heavy atom. The van der Waals surface area contributed by atoms with E-state index in [1.807, 2.05) is 38.1 Å². The Morgan fingerprint density at radius 1 is 1.14 bits per heavy atom. The number of carbonyl (C=O) groups excluding carboxylic acids is 2. The van der Waals surface area contributed by atoms with Gasteiger partial charge in [0, 0.05) is 0 Å². The Bertz CT molecular complexity index is 635. The molecule has 0 unspecified atom stereocenters. The second-order valence-corrected chi connectivity index (χ2v) is 4.96. The number of hydrazine groups is 1. The van der Waals surface area contributed by atoms with E-state index in [-0.39, 0.29) is 18.3 Å². The van der Waals surface area contributed by atoms with E-state index in [1.54, 1.807) is 6.07 Å². The molecular formula is C16H18N2O4. The minimum Gasteiger partial charge on any atom is -0.483 e. The van der Waals surface area contributed by atoms with Gasteiger partial charge in [0.2, 0.25) is 0 Å². The third-order valence-electron chi connectivity index (χ3n) is 2.96. The highest BCUT2D eigenvalue weighted by Gasteiger charge is 2.11. The van der Waals surface area contributed by atoms with E-state index in [4.69, 9.17) is 9.15 Å². The van der Waals surface area contributed by atoms with E-state index in [2.05, 4.69) is 10.9 Å².